The molecule has 6 heteroatoms. The summed E-state index contributed by atoms with van der Waals surface area (Å²) < 4.78 is 26.1. The summed E-state index contributed by atoms with van der Waals surface area (Å²) in [5.41, 5.74) is 6.99. The Morgan fingerprint density at radius 3 is 2.63 bits per heavy atom. The molecule has 0 aromatic heterocycles. The molecule has 1 fully saturated rings. The number of piperidine rings is 1. The molecule has 1 aromatic carbocycles. The van der Waals surface area contributed by atoms with Gasteiger partial charge in [0.25, 0.3) is 0 Å². The SMILES string of the molecule is CCNS(=O)(=O)c1ccc(N2CCC[C@@H](N)C2)cc1. The van der Waals surface area contributed by atoms with Crippen LogP contribution in [-0.2, 0) is 10.0 Å². The van der Waals surface area contributed by atoms with Crippen molar-refractivity contribution >= 4 is 15.7 Å². The van der Waals surface area contributed by atoms with Crippen molar-refractivity contribution in [3.63, 3.8) is 0 Å². The minimum Gasteiger partial charge on any atom is -0.370 e. The molecule has 3 N–H and O–H groups in total. The van der Waals surface area contributed by atoms with Crippen LogP contribution in [0.15, 0.2) is 29.2 Å². The lowest BCUT2D eigenvalue weighted by Gasteiger charge is -2.32. The predicted molar refractivity (Wildman–Crippen MR) is 76.7 cm³/mol. The zero-order valence-corrected chi connectivity index (χ0v) is 12.0. The van der Waals surface area contributed by atoms with Crippen molar-refractivity contribution in [3.8, 4) is 0 Å². The fourth-order valence-electron chi connectivity index (χ4n) is 2.35. The van der Waals surface area contributed by atoms with Crippen molar-refractivity contribution in [3.05, 3.63) is 24.3 Å². The number of nitrogens with one attached hydrogen (secondary N) is 1. The van der Waals surface area contributed by atoms with Crippen LogP contribution in [-0.4, -0.2) is 34.1 Å². The van der Waals surface area contributed by atoms with E-state index in [1.54, 1.807) is 19.1 Å². The van der Waals surface area contributed by atoms with Crippen molar-refractivity contribution in [1.29, 1.82) is 0 Å². The molecule has 1 saturated heterocycles. The van der Waals surface area contributed by atoms with E-state index in [1.807, 2.05) is 12.1 Å². The number of sulfonamides is 1. The van der Waals surface area contributed by atoms with Gasteiger partial charge in [-0.1, -0.05) is 6.92 Å². The molecule has 0 saturated carbocycles. The van der Waals surface area contributed by atoms with Crippen LogP contribution < -0.4 is 15.4 Å². The van der Waals surface area contributed by atoms with E-state index in [1.165, 1.54) is 0 Å². The Labute approximate surface area is 114 Å². The van der Waals surface area contributed by atoms with Gasteiger partial charge >= 0.3 is 0 Å². The summed E-state index contributed by atoms with van der Waals surface area (Å²) in [6.07, 6.45) is 2.14. The van der Waals surface area contributed by atoms with Crippen molar-refractivity contribution in [2.45, 2.75) is 30.7 Å². The molecule has 0 spiro atoms. The number of anilines is 1. The van der Waals surface area contributed by atoms with E-state index in [0.29, 0.717) is 11.4 Å². The first-order chi connectivity index (χ1) is 9.03. The smallest absolute Gasteiger partial charge is 0.240 e. The molecule has 2 rings (SSSR count). The van der Waals surface area contributed by atoms with Crippen molar-refractivity contribution in [1.82, 2.24) is 4.72 Å². The second-order valence-electron chi connectivity index (χ2n) is 4.84. The minimum atomic E-state index is -3.36. The molecular formula is C13H21N3O2S. The Kier molecular flexibility index (Phi) is 4.44. The highest BCUT2D eigenvalue weighted by Crippen LogP contribution is 2.21. The van der Waals surface area contributed by atoms with Crippen molar-refractivity contribution in [2.75, 3.05) is 24.5 Å². The third-order valence-electron chi connectivity index (χ3n) is 3.30. The minimum absolute atomic E-state index is 0.207. The van der Waals surface area contributed by atoms with E-state index < -0.39 is 10.0 Å². The molecule has 1 aliphatic heterocycles. The summed E-state index contributed by atoms with van der Waals surface area (Å²) in [6.45, 7) is 3.97. The van der Waals surface area contributed by atoms with Gasteiger partial charge in [-0.05, 0) is 37.1 Å². The quantitative estimate of drug-likeness (QED) is 0.861. The second kappa shape index (κ2) is 5.90. The molecule has 1 aliphatic rings. The highest BCUT2D eigenvalue weighted by Gasteiger charge is 2.18. The van der Waals surface area contributed by atoms with E-state index in [4.69, 9.17) is 5.73 Å². The maximum absolute atomic E-state index is 11.8. The molecule has 0 radical (unpaired) electrons. The van der Waals surface area contributed by atoms with Crippen LogP contribution in [0.3, 0.4) is 0 Å². The maximum atomic E-state index is 11.8. The first kappa shape index (κ1) is 14.3. The van der Waals surface area contributed by atoms with Crippen LogP contribution >= 0.6 is 0 Å². The number of rotatable bonds is 4. The van der Waals surface area contributed by atoms with Gasteiger partial charge in [-0.25, -0.2) is 13.1 Å². The monoisotopic (exact) mass is 283 g/mol. The lowest BCUT2D eigenvalue weighted by molar-refractivity contribution is 0.506. The van der Waals surface area contributed by atoms with Crippen LogP contribution in [0.5, 0.6) is 0 Å². The lowest BCUT2D eigenvalue weighted by atomic mass is 10.1. The van der Waals surface area contributed by atoms with Gasteiger partial charge in [-0.15, -0.1) is 0 Å². The van der Waals surface area contributed by atoms with Gasteiger partial charge in [0.15, 0.2) is 0 Å². The van der Waals surface area contributed by atoms with E-state index >= 15 is 0 Å². The number of hydrogen-bond acceptors (Lipinski definition) is 4. The standard InChI is InChI=1S/C13H21N3O2S/c1-2-15-19(17,18)13-7-5-12(6-8-13)16-9-3-4-11(14)10-16/h5-8,11,15H,2-4,9-10,14H2,1H3/t11-/m1/s1. The molecule has 19 heavy (non-hydrogen) atoms. The van der Waals surface area contributed by atoms with Gasteiger partial charge in [0.2, 0.25) is 10.0 Å². The Morgan fingerprint density at radius 2 is 2.05 bits per heavy atom. The number of benzene rings is 1. The van der Waals surface area contributed by atoms with E-state index in [-0.39, 0.29) is 6.04 Å². The summed E-state index contributed by atoms with van der Waals surface area (Å²) in [5, 5.41) is 0. The average molecular weight is 283 g/mol. The molecule has 1 aromatic rings. The summed E-state index contributed by atoms with van der Waals surface area (Å²) >= 11 is 0. The van der Waals surface area contributed by atoms with Crippen LogP contribution in [0.25, 0.3) is 0 Å². The third-order valence-corrected chi connectivity index (χ3v) is 4.87. The zero-order chi connectivity index (χ0) is 13.9. The van der Waals surface area contributed by atoms with Crippen LogP contribution in [0, 0.1) is 0 Å². The summed E-state index contributed by atoms with van der Waals surface area (Å²) in [7, 11) is -3.36. The van der Waals surface area contributed by atoms with Gasteiger partial charge in [0, 0.05) is 31.4 Å². The first-order valence-electron chi connectivity index (χ1n) is 6.63. The molecule has 1 atom stereocenters. The van der Waals surface area contributed by atoms with Gasteiger partial charge < -0.3 is 10.6 Å². The normalized spacial score (nSPS) is 20.5. The van der Waals surface area contributed by atoms with Gasteiger partial charge in [-0.3, -0.25) is 0 Å². The Morgan fingerprint density at radius 1 is 1.37 bits per heavy atom. The number of nitrogens with zero attached hydrogens (tertiary/aromatic N) is 1. The van der Waals surface area contributed by atoms with Gasteiger partial charge in [0.1, 0.15) is 0 Å². The zero-order valence-electron chi connectivity index (χ0n) is 11.2. The Bertz CT molecular complexity index is 513. The fraction of sp³-hybridized carbons (Fsp3) is 0.538. The summed E-state index contributed by atoms with van der Waals surface area (Å²) in [5.74, 6) is 0. The van der Waals surface area contributed by atoms with Crippen LogP contribution in [0.2, 0.25) is 0 Å². The van der Waals surface area contributed by atoms with Crippen LogP contribution in [0.4, 0.5) is 5.69 Å². The molecular weight excluding hydrogens is 262 g/mol. The van der Waals surface area contributed by atoms with Crippen molar-refractivity contribution < 1.29 is 8.42 Å². The molecule has 0 amide bonds. The Balaban J connectivity index is 2.14. The number of hydrogen-bond donors (Lipinski definition) is 2. The predicted octanol–water partition coefficient (Wildman–Crippen LogP) is 0.912. The summed E-state index contributed by atoms with van der Waals surface area (Å²) in [4.78, 5) is 2.51. The molecule has 5 nitrogen and oxygen atoms in total. The van der Waals surface area contributed by atoms with Crippen molar-refractivity contribution in [2.24, 2.45) is 5.73 Å². The molecule has 0 unspecified atom stereocenters. The van der Waals surface area contributed by atoms with E-state index in [0.717, 1.165) is 31.6 Å². The Hall–Kier alpha value is -1.11. The lowest BCUT2D eigenvalue weighted by Crippen LogP contribution is -2.42. The second-order valence-corrected chi connectivity index (χ2v) is 6.61. The average Bonchev–Trinajstić information content (AvgIpc) is 2.39. The van der Waals surface area contributed by atoms with E-state index in [9.17, 15) is 8.42 Å². The fourth-order valence-corrected chi connectivity index (χ4v) is 3.40. The molecule has 0 bridgehead atoms. The molecule has 106 valence electrons. The number of nitrogens with two attached hydrogens (primary N) is 1. The summed E-state index contributed by atoms with van der Waals surface area (Å²) in [6, 6.07) is 7.20. The molecule has 0 aliphatic carbocycles. The van der Waals surface area contributed by atoms with Gasteiger partial charge in [0.05, 0.1) is 4.90 Å². The maximum Gasteiger partial charge on any atom is 0.240 e. The highest BCUT2D eigenvalue weighted by atomic mass is 32.2. The topological polar surface area (TPSA) is 75.4 Å². The molecule has 1 heterocycles. The largest absolute Gasteiger partial charge is 0.370 e. The highest BCUT2D eigenvalue weighted by molar-refractivity contribution is 7.89. The first-order valence-corrected chi connectivity index (χ1v) is 8.11. The van der Waals surface area contributed by atoms with Crippen LogP contribution in [0.1, 0.15) is 19.8 Å². The van der Waals surface area contributed by atoms with E-state index in [2.05, 4.69) is 9.62 Å². The third kappa shape index (κ3) is 3.46. The van der Waals surface area contributed by atoms with Gasteiger partial charge in [-0.2, -0.15) is 0 Å².